The Morgan fingerprint density at radius 2 is 1.58 bits per heavy atom. The standard InChI is InChI=1S/C11H4F9IO3/c1-3(22)23-21-5-2-4(12)7(13)8(14)6(5)9(24-21,10(15,16)17)11(18,19)20/h2H,1H3. The van der Waals surface area contributed by atoms with Gasteiger partial charge in [-0.2, -0.15) is 0 Å². The molecule has 0 radical (unpaired) electrons. The van der Waals surface area contributed by atoms with Crippen LogP contribution in [0.5, 0.6) is 0 Å². The Morgan fingerprint density at radius 1 is 1.08 bits per heavy atom. The zero-order valence-corrected chi connectivity index (χ0v) is 13.2. The van der Waals surface area contributed by atoms with Crippen molar-refractivity contribution in [2.24, 2.45) is 0 Å². The molecule has 24 heavy (non-hydrogen) atoms. The van der Waals surface area contributed by atoms with Crippen LogP contribution in [0, 0.1) is 21.0 Å². The van der Waals surface area contributed by atoms with Gasteiger partial charge in [0.05, 0.1) is 0 Å². The first-order valence-corrected chi connectivity index (χ1v) is 8.48. The summed E-state index contributed by atoms with van der Waals surface area (Å²) >= 11 is -4.58. The maximum atomic E-state index is 13.8. The zero-order valence-electron chi connectivity index (χ0n) is 11.1. The van der Waals surface area contributed by atoms with E-state index in [0.717, 1.165) is 0 Å². The van der Waals surface area contributed by atoms with Crippen molar-refractivity contribution in [1.29, 1.82) is 0 Å². The van der Waals surface area contributed by atoms with Crippen molar-refractivity contribution in [2.75, 3.05) is 0 Å². The van der Waals surface area contributed by atoms with Gasteiger partial charge < -0.3 is 0 Å². The molecule has 13 heteroatoms. The van der Waals surface area contributed by atoms with Crippen molar-refractivity contribution >= 4 is 26.6 Å². The number of alkyl halides is 6. The van der Waals surface area contributed by atoms with Crippen LogP contribution in [0.15, 0.2) is 6.07 Å². The van der Waals surface area contributed by atoms with Crippen molar-refractivity contribution in [3.63, 3.8) is 0 Å². The van der Waals surface area contributed by atoms with Crippen molar-refractivity contribution in [1.82, 2.24) is 0 Å². The van der Waals surface area contributed by atoms with Crippen LogP contribution in [0.1, 0.15) is 12.5 Å². The van der Waals surface area contributed by atoms with Crippen LogP contribution >= 0.6 is 20.6 Å². The number of hydrogen-bond acceptors (Lipinski definition) is 3. The number of fused-ring (bicyclic) bond motifs is 1. The van der Waals surface area contributed by atoms with Gasteiger partial charge >= 0.3 is 135 Å². The third-order valence-corrected chi connectivity index (χ3v) is 6.68. The number of benzene rings is 1. The second kappa shape index (κ2) is 5.64. The monoisotopic (exact) mass is 482 g/mol. The molecule has 0 unspecified atom stereocenters. The van der Waals surface area contributed by atoms with E-state index in [-0.39, 0.29) is 6.07 Å². The summed E-state index contributed by atoms with van der Waals surface area (Å²) in [5.41, 5.74) is -7.53. The van der Waals surface area contributed by atoms with Gasteiger partial charge in [-0.05, 0) is 0 Å². The van der Waals surface area contributed by atoms with E-state index in [1.54, 1.807) is 0 Å². The molecular formula is C11H4F9IO3. The summed E-state index contributed by atoms with van der Waals surface area (Å²) in [5, 5.41) is 0. The molecule has 0 saturated carbocycles. The summed E-state index contributed by atoms with van der Waals surface area (Å²) in [6.07, 6.45) is -12.6. The molecule has 3 nitrogen and oxygen atoms in total. The Bertz CT molecular complexity index is 683. The van der Waals surface area contributed by atoms with E-state index in [9.17, 15) is 44.3 Å². The third kappa shape index (κ3) is 2.60. The second-order valence-electron chi connectivity index (χ2n) is 4.38. The van der Waals surface area contributed by atoms with Crippen molar-refractivity contribution in [3.8, 4) is 0 Å². The molecule has 0 aliphatic carbocycles. The average Bonchev–Trinajstić information content (AvgIpc) is 2.70. The molecule has 0 fully saturated rings. The Labute approximate surface area is 135 Å². The van der Waals surface area contributed by atoms with E-state index in [1.165, 1.54) is 0 Å². The van der Waals surface area contributed by atoms with Crippen LogP contribution in [0.2, 0.25) is 0 Å². The summed E-state index contributed by atoms with van der Waals surface area (Å²) in [7, 11) is 0. The first-order valence-electron chi connectivity index (χ1n) is 5.64. The molecule has 0 aromatic heterocycles. The molecule has 0 bridgehead atoms. The molecule has 0 amide bonds. The molecule has 1 heterocycles. The fourth-order valence-corrected chi connectivity index (χ4v) is 5.92. The van der Waals surface area contributed by atoms with Gasteiger partial charge in [-0.3, -0.25) is 0 Å². The molecule has 0 atom stereocenters. The van der Waals surface area contributed by atoms with Crippen LogP contribution in [0.3, 0.4) is 0 Å². The molecule has 1 aromatic rings. The van der Waals surface area contributed by atoms with Gasteiger partial charge in [0.1, 0.15) is 0 Å². The molecule has 1 aliphatic rings. The molecule has 2 rings (SSSR count). The van der Waals surface area contributed by atoms with Crippen molar-refractivity contribution in [2.45, 2.75) is 24.9 Å². The van der Waals surface area contributed by atoms with E-state index in [2.05, 4.69) is 6.13 Å². The van der Waals surface area contributed by atoms with Gasteiger partial charge in [0.15, 0.2) is 0 Å². The summed E-state index contributed by atoms with van der Waals surface area (Å²) in [5.74, 6) is -8.59. The van der Waals surface area contributed by atoms with Gasteiger partial charge in [-0.15, -0.1) is 0 Å². The van der Waals surface area contributed by atoms with Crippen LogP contribution in [0.4, 0.5) is 39.5 Å². The number of halogens is 10. The minimum absolute atomic E-state index is 0.0826. The maximum absolute atomic E-state index is 13.8. The van der Waals surface area contributed by atoms with E-state index >= 15 is 0 Å². The summed E-state index contributed by atoms with van der Waals surface area (Å²) in [4.78, 5) is 10.9. The Balaban J connectivity index is 2.89. The zero-order chi connectivity index (χ0) is 18.7. The quantitative estimate of drug-likeness (QED) is 0.256. The topological polar surface area (TPSA) is 35.5 Å². The van der Waals surface area contributed by atoms with Crippen LogP contribution in [0.25, 0.3) is 0 Å². The minimum atomic E-state index is -6.28. The first kappa shape index (κ1) is 19.1. The summed E-state index contributed by atoms with van der Waals surface area (Å²) in [6.45, 7) is 0.651. The van der Waals surface area contributed by atoms with Crippen molar-refractivity contribution < 1.29 is 50.4 Å². The fraction of sp³-hybridized carbons (Fsp3) is 0.364. The van der Waals surface area contributed by atoms with Crippen molar-refractivity contribution in [3.05, 3.63) is 32.7 Å². The third-order valence-electron chi connectivity index (χ3n) is 2.80. The fourth-order valence-electron chi connectivity index (χ4n) is 1.88. The van der Waals surface area contributed by atoms with Gasteiger partial charge in [-0.1, -0.05) is 0 Å². The molecular weight excluding hydrogens is 478 g/mol. The number of hydrogen-bond donors (Lipinski definition) is 0. The average molecular weight is 482 g/mol. The van der Waals surface area contributed by atoms with Crippen LogP contribution in [-0.4, -0.2) is 18.3 Å². The Morgan fingerprint density at radius 3 is 2.00 bits per heavy atom. The predicted octanol–water partition coefficient (Wildman–Crippen LogP) is 4.52. The Hall–Kier alpha value is -1.25. The number of carbonyl (C=O) groups is 1. The van der Waals surface area contributed by atoms with Gasteiger partial charge in [-0.25, -0.2) is 0 Å². The van der Waals surface area contributed by atoms with Gasteiger partial charge in [0.25, 0.3) is 0 Å². The van der Waals surface area contributed by atoms with Crippen LogP contribution < -0.4 is 0 Å². The molecule has 1 aromatic carbocycles. The number of carbonyl (C=O) groups excluding carboxylic acids is 1. The normalized spacial score (nSPS) is 18.5. The molecule has 0 saturated heterocycles. The molecule has 0 N–H and O–H groups in total. The molecule has 136 valence electrons. The Kier molecular flexibility index (Phi) is 4.48. The van der Waals surface area contributed by atoms with Gasteiger partial charge in [0.2, 0.25) is 0 Å². The van der Waals surface area contributed by atoms with E-state index in [0.29, 0.717) is 6.92 Å². The predicted molar refractivity (Wildman–Crippen MR) is 65.7 cm³/mol. The molecule has 1 aliphatic heterocycles. The van der Waals surface area contributed by atoms with Gasteiger partial charge in [0, 0.05) is 0 Å². The molecule has 0 spiro atoms. The van der Waals surface area contributed by atoms with E-state index < -0.39 is 71.2 Å². The number of rotatable bonds is 1. The summed E-state index contributed by atoms with van der Waals surface area (Å²) < 4.78 is 126. The van der Waals surface area contributed by atoms with E-state index in [4.69, 9.17) is 0 Å². The van der Waals surface area contributed by atoms with Crippen LogP contribution in [-0.2, 0) is 16.5 Å². The summed E-state index contributed by atoms with van der Waals surface area (Å²) in [6, 6.07) is -0.0826. The van der Waals surface area contributed by atoms with E-state index in [1.807, 2.05) is 0 Å². The SMILES string of the molecule is CC(=O)OI1OC(C(F)(F)F)(C(F)(F)F)c2c1cc(F)c(F)c2F. The second-order valence-corrected chi connectivity index (χ2v) is 7.67. The first-order chi connectivity index (χ1) is 10.7.